The van der Waals surface area contributed by atoms with Crippen LogP contribution in [0.1, 0.15) is 68.6 Å². The summed E-state index contributed by atoms with van der Waals surface area (Å²) in [6.07, 6.45) is 9.46. The zero-order valence-corrected chi connectivity index (χ0v) is 16.3. The summed E-state index contributed by atoms with van der Waals surface area (Å²) in [5.74, 6) is 2.69. The highest BCUT2D eigenvalue weighted by atomic mass is 32.1. The Kier molecular flexibility index (Phi) is 3.89. The number of aromatic nitrogens is 1. The third-order valence-electron chi connectivity index (χ3n) is 7.19. The van der Waals surface area contributed by atoms with Crippen LogP contribution in [-0.4, -0.2) is 10.4 Å². The van der Waals surface area contributed by atoms with Crippen LogP contribution < -0.4 is 4.87 Å². The van der Waals surface area contributed by atoms with Crippen LogP contribution in [0.2, 0.25) is 0 Å². The number of unbranched alkanes of at least 4 members (excludes halogenated alkanes) is 1. The Balaban J connectivity index is 1.49. The monoisotopic (exact) mass is 369 g/mol. The molecule has 0 aliphatic heterocycles. The first-order valence-corrected chi connectivity index (χ1v) is 11.1. The highest BCUT2D eigenvalue weighted by Gasteiger charge is 2.54. The number of fused-ring (bicyclic) bond motifs is 1. The molecule has 0 radical (unpaired) electrons. The molecule has 138 valence electrons. The molecule has 4 heteroatoms. The van der Waals surface area contributed by atoms with Gasteiger partial charge in [0.15, 0.2) is 5.78 Å². The van der Waals surface area contributed by atoms with E-state index in [-0.39, 0.29) is 10.3 Å². The summed E-state index contributed by atoms with van der Waals surface area (Å²) in [7, 11) is 0. The van der Waals surface area contributed by atoms with Gasteiger partial charge in [-0.1, -0.05) is 24.7 Å². The molecule has 2 aromatic rings. The van der Waals surface area contributed by atoms with Gasteiger partial charge in [0.2, 0.25) is 0 Å². The standard InChI is InChI=1S/C22H27NO2S/c1-2-3-6-23-18-5-4-17(10-19(18)26-21(23)25)20(24)22-11-14-7-15(12-22)9-16(8-14)13-22/h4-5,10,14-16H,2-3,6-9,11-13H2,1H3. The maximum absolute atomic E-state index is 13.5. The molecule has 4 aliphatic rings. The number of ketones is 1. The molecule has 0 spiro atoms. The SMILES string of the molecule is CCCCn1c(=O)sc2cc(C(=O)C34CC5CC(CC(C5)C3)C4)ccc21. The number of Topliss-reactive ketones (excluding diaryl/α,β-unsaturated/α-hetero) is 1. The van der Waals surface area contributed by atoms with Crippen LogP contribution in [0.5, 0.6) is 0 Å². The zero-order valence-electron chi connectivity index (χ0n) is 15.5. The van der Waals surface area contributed by atoms with Crippen LogP contribution in [0, 0.1) is 23.2 Å². The minimum Gasteiger partial charge on any atom is -0.299 e. The molecule has 26 heavy (non-hydrogen) atoms. The molecule has 0 unspecified atom stereocenters. The van der Waals surface area contributed by atoms with Crippen LogP contribution in [0.25, 0.3) is 10.2 Å². The maximum Gasteiger partial charge on any atom is 0.308 e. The van der Waals surface area contributed by atoms with Crippen LogP contribution in [-0.2, 0) is 6.54 Å². The predicted molar refractivity (Wildman–Crippen MR) is 106 cm³/mol. The Morgan fingerprint density at radius 1 is 1.15 bits per heavy atom. The molecule has 3 nitrogen and oxygen atoms in total. The Bertz CT molecular complexity index is 887. The summed E-state index contributed by atoms with van der Waals surface area (Å²) in [6.45, 7) is 2.92. The number of hydrogen-bond donors (Lipinski definition) is 0. The summed E-state index contributed by atoms with van der Waals surface area (Å²) < 4.78 is 2.85. The third-order valence-corrected chi connectivity index (χ3v) is 8.13. The highest BCUT2D eigenvalue weighted by molar-refractivity contribution is 7.16. The fourth-order valence-electron chi connectivity index (χ4n) is 6.43. The van der Waals surface area contributed by atoms with Gasteiger partial charge in [-0.25, -0.2) is 0 Å². The smallest absolute Gasteiger partial charge is 0.299 e. The van der Waals surface area contributed by atoms with Crippen molar-refractivity contribution in [3.05, 3.63) is 33.4 Å². The molecule has 1 heterocycles. The van der Waals surface area contributed by atoms with Crippen molar-refractivity contribution in [2.45, 2.75) is 64.8 Å². The van der Waals surface area contributed by atoms with Gasteiger partial charge in [0.1, 0.15) is 0 Å². The second-order valence-electron chi connectivity index (χ2n) is 9.08. The Hall–Kier alpha value is -1.42. The minimum absolute atomic E-state index is 0.0990. The van der Waals surface area contributed by atoms with Crippen LogP contribution >= 0.6 is 11.3 Å². The van der Waals surface area contributed by atoms with E-state index in [1.807, 2.05) is 22.8 Å². The van der Waals surface area contributed by atoms with Crippen molar-refractivity contribution in [2.24, 2.45) is 23.2 Å². The average Bonchev–Trinajstić information content (AvgIpc) is 2.92. The van der Waals surface area contributed by atoms with Crippen molar-refractivity contribution < 1.29 is 4.79 Å². The lowest BCUT2D eigenvalue weighted by molar-refractivity contribution is -0.0352. The Labute approximate surface area is 158 Å². The average molecular weight is 370 g/mol. The normalized spacial score (nSPS) is 32.4. The molecule has 1 aromatic heterocycles. The van der Waals surface area contributed by atoms with Gasteiger partial charge < -0.3 is 0 Å². The highest BCUT2D eigenvalue weighted by Crippen LogP contribution is 2.61. The van der Waals surface area contributed by atoms with Crippen molar-refractivity contribution in [1.82, 2.24) is 4.57 Å². The summed E-state index contributed by atoms with van der Waals surface area (Å²) in [5, 5.41) is 0. The predicted octanol–water partition coefficient (Wildman–Crippen LogP) is 5.26. The number of hydrogen-bond acceptors (Lipinski definition) is 3. The summed E-state index contributed by atoms with van der Waals surface area (Å²) in [5.41, 5.74) is 1.73. The third kappa shape index (κ3) is 2.52. The van der Waals surface area contributed by atoms with E-state index in [0.717, 1.165) is 72.2 Å². The molecule has 0 N–H and O–H groups in total. The zero-order chi connectivity index (χ0) is 17.9. The van der Waals surface area contributed by atoms with Gasteiger partial charge in [-0.05, 0) is 80.9 Å². The molecule has 4 bridgehead atoms. The van der Waals surface area contributed by atoms with Gasteiger partial charge in [-0.3, -0.25) is 14.2 Å². The minimum atomic E-state index is -0.0990. The first-order valence-electron chi connectivity index (χ1n) is 10.3. The topological polar surface area (TPSA) is 39.1 Å². The first-order chi connectivity index (χ1) is 12.6. The molecule has 4 saturated carbocycles. The van der Waals surface area contributed by atoms with Gasteiger partial charge in [-0.2, -0.15) is 0 Å². The molecule has 4 fully saturated rings. The second-order valence-corrected chi connectivity index (χ2v) is 10.1. The van der Waals surface area contributed by atoms with E-state index in [0.29, 0.717) is 5.78 Å². The van der Waals surface area contributed by atoms with E-state index in [1.165, 1.54) is 30.6 Å². The lowest BCUT2D eigenvalue weighted by atomic mass is 9.48. The van der Waals surface area contributed by atoms with E-state index in [4.69, 9.17) is 0 Å². The summed E-state index contributed by atoms with van der Waals surface area (Å²) in [6, 6.07) is 6.00. The van der Waals surface area contributed by atoms with Gasteiger partial charge >= 0.3 is 4.87 Å². The lowest BCUT2D eigenvalue weighted by Crippen LogP contribution is -2.50. The van der Waals surface area contributed by atoms with E-state index in [9.17, 15) is 9.59 Å². The van der Waals surface area contributed by atoms with Gasteiger partial charge in [0, 0.05) is 17.5 Å². The summed E-state index contributed by atoms with van der Waals surface area (Å²) >= 11 is 1.29. The van der Waals surface area contributed by atoms with Gasteiger partial charge in [-0.15, -0.1) is 0 Å². The van der Waals surface area contributed by atoms with Crippen molar-refractivity contribution in [1.29, 1.82) is 0 Å². The van der Waals surface area contributed by atoms with Crippen LogP contribution in [0.4, 0.5) is 0 Å². The Morgan fingerprint density at radius 3 is 2.42 bits per heavy atom. The molecular formula is C22H27NO2S. The first kappa shape index (κ1) is 16.7. The maximum atomic E-state index is 13.5. The number of aryl methyl sites for hydroxylation is 1. The van der Waals surface area contributed by atoms with Crippen LogP contribution in [0.15, 0.2) is 23.0 Å². The second kappa shape index (κ2) is 6.05. The number of carbonyl (C=O) groups is 1. The molecule has 1 aromatic carbocycles. The Morgan fingerprint density at radius 2 is 1.81 bits per heavy atom. The van der Waals surface area contributed by atoms with Crippen LogP contribution in [0.3, 0.4) is 0 Å². The van der Waals surface area contributed by atoms with Crippen molar-refractivity contribution >= 4 is 27.3 Å². The van der Waals surface area contributed by atoms with E-state index in [1.54, 1.807) is 0 Å². The molecule has 4 aliphatic carbocycles. The van der Waals surface area contributed by atoms with E-state index in [2.05, 4.69) is 6.92 Å². The van der Waals surface area contributed by atoms with Crippen molar-refractivity contribution in [3.8, 4) is 0 Å². The molecule has 0 amide bonds. The number of nitrogens with zero attached hydrogens (tertiary/aromatic N) is 1. The molecule has 6 rings (SSSR count). The van der Waals surface area contributed by atoms with Gasteiger partial charge in [0.05, 0.1) is 10.2 Å². The number of rotatable bonds is 5. The summed E-state index contributed by atoms with van der Waals surface area (Å²) in [4.78, 5) is 26.0. The number of thiazole rings is 1. The fourth-order valence-corrected chi connectivity index (χ4v) is 7.39. The number of benzene rings is 1. The molecule has 0 saturated heterocycles. The lowest BCUT2D eigenvalue weighted by Gasteiger charge is -2.56. The van der Waals surface area contributed by atoms with Crippen molar-refractivity contribution in [2.75, 3.05) is 0 Å². The van der Waals surface area contributed by atoms with Gasteiger partial charge in [0.25, 0.3) is 0 Å². The fraction of sp³-hybridized carbons (Fsp3) is 0.636. The number of carbonyl (C=O) groups excluding carboxylic acids is 1. The van der Waals surface area contributed by atoms with E-state index < -0.39 is 0 Å². The van der Waals surface area contributed by atoms with Crippen molar-refractivity contribution in [3.63, 3.8) is 0 Å². The quantitative estimate of drug-likeness (QED) is 0.674. The van der Waals surface area contributed by atoms with E-state index >= 15 is 0 Å². The largest absolute Gasteiger partial charge is 0.308 e. The molecule has 0 atom stereocenters. The molecular weight excluding hydrogens is 342 g/mol.